The number of hydrogen-bond donors (Lipinski definition) is 0. The zero-order valence-electron chi connectivity index (χ0n) is 15.9. The molecule has 0 saturated carbocycles. The first kappa shape index (κ1) is 19.5. The Morgan fingerprint density at radius 1 is 1.22 bits per heavy atom. The minimum absolute atomic E-state index is 0.0593. The number of carbonyl (C=O) groups is 1. The Kier molecular flexibility index (Phi) is 5.37. The lowest BCUT2D eigenvalue weighted by atomic mass is 10.0. The molecule has 1 aliphatic rings. The molecule has 0 N–H and O–H groups in total. The van der Waals surface area contributed by atoms with Gasteiger partial charge in [-0.1, -0.05) is 12.1 Å². The van der Waals surface area contributed by atoms with Crippen molar-refractivity contribution in [3.8, 4) is 0 Å². The van der Waals surface area contributed by atoms with Gasteiger partial charge in [0, 0.05) is 12.6 Å². The van der Waals surface area contributed by atoms with Crippen LogP contribution in [0, 0.1) is 0 Å². The van der Waals surface area contributed by atoms with Crippen molar-refractivity contribution in [2.45, 2.75) is 56.7 Å². The number of benzene rings is 1. The third-order valence-electron chi connectivity index (χ3n) is 4.41. The molecule has 27 heavy (non-hydrogen) atoms. The van der Waals surface area contributed by atoms with Gasteiger partial charge in [-0.3, -0.25) is 4.98 Å². The molecule has 1 atom stereocenters. The van der Waals surface area contributed by atoms with Crippen molar-refractivity contribution in [2.75, 3.05) is 12.3 Å². The monoisotopic (exact) mass is 391 g/mol. The molecule has 1 unspecified atom stereocenters. The average Bonchev–Trinajstić information content (AvgIpc) is 2.60. The highest BCUT2D eigenvalue weighted by molar-refractivity contribution is 7.91. The Morgan fingerprint density at radius 2 is 1.93 bits per heavy atom. The van der Waals surface area contributed by atoms with Crippen molar-refractivity contribution in [1.82, 2.24) is 14.9 Å². The van der Waals surface area contributed by atoms with Gasteiger partial charge in [-0.15, -0.1) is 0 Å². The molecule has 0 radical (unpaired) electrons. The number of rotatable bonds is 3. The van der Waals surface area contributed by atoms with E-state index >= 15 is 0 Å². The van der Waals surface area contributed by atoms with Gasteiger partial charge < -0.3 is 9.64 Å². The number of sulfone groups is 1. The third kappa shape index (κ3) is 4.74. The molecule has 2 heterocycles. The molecular formula is C19H25N3O4S. The molecule has 1 saturated heterocycles. The lowest BCUT2D eigenvalue weighted by Gasteiger charge is -2.36. The molecule has 1 aliphatic heterocycles. The first-order chi connectivity index (χ1) is 12.7. The minimum atomic E-state index is -3.68. The van der Waals surface area contributed by atoms with Crippen LogP contribution in [-0.2, 0) is 14.6 Å². The van der Waals surface area contributed by atoms with Crippen LogP contribution in [0.1, 0.15) is 40.0 Å². The summed E-state index contributed by atoms with van der Waals surface area (Å²) in [5.74, 6) is -0.181. The zero-order chi connectivity index (χ0) is 19.7. The smallest absolute Gasteiger partial charge is 0.410 e. The average molecular weight is 391 g/mol. The molecule has 0 aliphatic carbocycles. The number of piperidine rings is 1. The highest BCUT2D eigenvalue weighted by Crippen LogP contribution is 2.24. The molecule has 1 fully saturated rings. The maximum Gasteiger partial charge on any atom is 0.410 e. The summed E-state index contributed by atoms with van der Waals surface area (Å²) in [5.41, 5.74) is 0.553. The van der Waals surface area contributed by atoms with E-state index in [1.54, 1.807) is 43.9 Å². The largest absolute Gasteiger partial charge is 0.444 e. The number of carbonyl (C=O) groups excluding carboxylic acids is 1. The van der Waals surface area contributed by atoms with E-state index < -0.39 is 27.6 Å². The summed E-state index contributed by atoms with van der Waals surface area (Å²) in [4.78, 5) is 22.5. The van der Waals surface area contributed by atoms with E-state index in [9.17, 15) is 13.2 Å². The molecule has 2 aromatic rings. The number of aromatic nitrogens is 2. The summed E-state index contributed by atoms with van der Waals surface area (Å²) in [6.07, 6.45) is 3.17. The third-order valence-corrected chi connectivity index (χ3v) is 6.07. The Morgan fingerprint density at radius 3 is 2.63 bits per heavy atom. The van der Waals surface area contributed by atoms with Crippen LogP contribution >= 0.6 is 0 Å². The van der Waals surface area contributed by atoms with Gasteiger partial charge in [0.1, 0.15) is 5.60 Å². The second-order valence-corrected chi connectivity index (χ2v) is 9.78. The molecule has 146 valence electrons. The number of likely N-dealkylation sites (tertiary alicyclic amines) is 1. The lowest BCUT2D eigenvalue weighted by molar-refractivity contribution is 0.0124. The topological polar surface area (TPSA) is 89.5 Å². The van der Waals surface area contributed by atoms with Gasteiger partial charge in [0.25, 0.3) is 0 Å². The molecule has 0 spiro atoms. The van der Waals surface area contributed by atoms with Crippen LogP contribution in [0.3, 0.4) is 0 Å². The van der Waals surface area contributed by atoms with Gasteiger partial charge in [0.2, 0.25) is 0 Å². The molecule has 1 aromatic carbocycles. The molecule has 3 rings (SSSR count). The zero-order valence-corrected chi connectivity index (χ0v) is 16.7. The summed E-state index contributed by atoms with van der Waals surface area (Å²) < 4.78 is 31.3. The second kappa shape index (κ2) is 7.42. The van der Waals surface area contributed by atoms with E-state index in [4.69, 9.17) is 4.74 Å². The predicted molar refractivity (Wildman–Crippen MR) is 102 cm³/mol. The fourth-order valence-electron chi connectivity index (χ4n) is 3.16. The summed E-state index contributed by atoms with van der Waals surface area (Å²) in [6.45, 7) is 5.89. The fraction of sp³-hybridized carbons (Fsp3) is 0.526. The molecule has 8 heteroatoms. The Hall–Kier alpha value is -2.22. The fourth-order valence-corrected chi connectivity index (χ4v) is 4.64. The summed E-state index contributed by atoms with van der Waals surface area (Å²) in [6, 6.07) is 6.70. The van der Waals surface area contributed by atoms with Crippen molar-refractivity contribution in [3.05, 3.63) is 30.5 Å². The Bertz CT molecular complexity index is 937. The predicted octanol–water partition coefficient (Wildman–Crippen LogP) is 3.19. The van der Waals surface area contributed by atoms with E-state index in [0.29, 0.717) is 24.0 Å². The standard InChI is InChI=1S/C19H25N3O4S/c1-19(2,3)26-18(23)22-11-7-6-8-14(22)13-27(24,25)17-12-20-15-9-4-5-10-16(15)21-17/h4-5,9-10,12,14H,6-8,11,13H2,1-3H3. The van der Waals surface area contributed by atoms with Crippen LogP contribution in [0.15, 0.2) is 35.5 Å². The van der Waals surface area contributed by atoms with Crippen molar-refractivity contribution in [2.24, 2.45) is 0 Å². The number of para-hydroxylation sites is 2. The van der Waals surface area contributed by atoms with E-state index in [2.05, 4.69) is 9.97 Å². The number of nitrogens with zero attached hydrogens (tertiary/aromatic N) is 3. The first-order valence-corrected chi connectivity index (χ1v) is 10.8. The SMILES string of the molecule is CC(C)(C)OC(=O)N1CCCCC1CS(=O)(=O)c1cnc2ccccc2n1. The first-order valence-electron chi connectivity index (χ1n) is 9.10. The van der Waals surface area contributed by atoms with Crippen LogP contribution in [0.2, 0.25) is 0 Å². The van der Waals surface area contributed by atoms with E-state index in [1.165, 1.54) is 6.20 Å². The summed E-state index contributed by atoms with van der Waals surface area (Å²) in [7, 11) is -3.68. The normalized spacial score (nSPS) is 18.5. The second-order valence-electron chi connectivity index (χ2n) is 7.80. The Balaban J connectivity index is 1.82. The quantitative estimate of drug-likeness (QED) is 0.798. The van der Waals surface area contributed by atoms with Gasteiger partial charge >= 0.3 is 6.09 Å². The molecule has 1 aromatic heterocycles. The van der Waals surface area contributed by atoms with Crippen LogP contribution in [0.4, 0.5) is 4.79 Å². The highest BCUT2D eigenvalue weighted by Gasteiger charge is 2.34. The summed E-state index contributed by atoms with van der Waals surface area (Å²) in [5, 5.41) is -0.0593. The van der Waals surface area contributed by atoms with Gasteiger partial charge in [-0.2, -0.15) is 0 Å². The van der Waals surface area contributed by atoms with Crippen LogP contribution in [0.5, 0.6) is 0 Å². The van der Waals surface area contributed by atoms with Gasteiger partial charge in [-0.05, 0) is 52.2 Å². The van der Waals surface area contributed by atoms with Crippen LogP contribution < -0.4 is 0 Å². The van der Waals surface area contributed by atoms with Crippen LogP contribution in [-0.4, -0.2) is 53.3 Å². The number of ether oxygens (including phenoxy) is 1. The Labute approximate surface area is 159 Å². The lowest BCUT2D eigenvalue weighted by Crippen LogP contribution is -2.49. The molecule has 0 bridgehead atoms. The number of hydrogen-bond acceptors (Lipinski definition) is 6. The summed E-state index contributed by atoms with van der Waals surface area (Å²) >= 11 is 0. The minimum Gasteiger partial charge on any atom is -0.444 e. The van der Waals surface area contributed by atoms with E-state index in [-0.39, 0.29) is 10.8 Å². The molecular weight excluding hydrogens is 366 g/mol. The number of fused-ring (bicyclic) bond motifs is 1. The van der Waals surface area contributed by atoms with Gasteiger partial charge in [0.05, 0.1) is 23.0 Å². The van der Waals surface area contributed by atoms with Gasteiger partial charge in [-0.25, -0.2) is 18.2 Å². The van der Waals surface area contributed by atoms with Crippen molar-refractivity contribution < 1.29 is 17.9 Å². The van der Waals surface area contributed by atoms with Crippen molar-refractivity contribution in [3.63, 3.8) is 0 Å². The van der Waals surface area contributed by atoms with Gasteiger partial charge in [0.15, 0.2) is 14.9 Å². The molecule has 1 amide bonds. The maximum absolute atomic E-state index is 12.9. The van der Waals surface area contributed by atoms with E-state index in [0.717, 1.165) is 12.8 Å². The van der Waals surface area contributed by atoms with Crippen molar-refractivity contribution >= 4 is 27.0 Å². The van der Waals surface area contributed by atoms with E-state index in [1.807, 2.05) is 6.07 Å². The highest BCUT2D eigenvalue weighted by atomic mass is 32.2. The van der Waals surface area contributed by atoms with Crippen molar-refractivity contribution in [1.29, 1.82) is 0 Å². The molecule has 7 nitrogen and oxygen atoms in total. The number of amides is 1. The van der Waals surface area contributed by atoms with Crippen LogP contribution in [0.25, 0.3) is 11.0 Å². The maximum atomic E-state index is 12.9.